The summed E-state index contributed by atoms with van der Waals surface area (Å²) >= 11 is 0. The molecule has 1 aliphatic heterocycles. The monoisotopic (exact) mass is 451 g/mol. The predicted octanol–water partition coefficient (Wildman–Crippen LogP) is 1.72. The SMILES string of the molecule is CC(=O)N[C@@]12CO[C@@]3(OC(C)=O)C1C(C)([C@H]1CC(C)(C)C[C@H]1[C@@H]2OC(C)=O)[C@@H]3OC(C)=O. The Bertz CT molecular complexity index is 885. The molecule has 9 nitrogen and oxygen atoms in total. The van der Waals surface area contributed by atoms with Gasteiger partial charge in [-0.1, -0.05) is 20.8 Å². The zero-order chi connectivity index (χ0) is 23.9. The zero-order valence-corrected chi connectivity index (χ0v) is 19.8. The molecule has 1 heterocycles. The maximum Gasteiger partial charge on any atom is 0.305 e. The third-order valence-electron chi connectivity index (χ3n) is 8.07. The van der Waals surface area contributed by atoms with Crippen molar-refractivity contribution in [1.82, 2.24) is 5.32 Å². The van der Waals surface area contributed by atoms with Crippen molar-refractivity contribution in [2.45, 2.75) is 84.8 Å². The first-order valence-electron chi connectivity index (χ1n) is 11.2. The van der Waals surface area contributed by atoms with Gasteiger partial charge < -0.3 is 24.3 Å². The van der Waals surface area contributed by atoms with Crippen molar-refractivity contribution < 1.29 is 38.1 Å². The summed E-state index contributed by atoms with van der Waals surface area (Å²) in [5.41, 5.74) is -1.82. The van der Waals surface area contributed by atoms with Crippen LogP contribution in [-0.4, -0.2) is 54.0 Å². The highest BCUT2D eigenvalue weighted by atomic mass is 16.8. The van der Waals surface area contributed by atoms with E-state index in [4.69, 9.17) is 18.9 Å². The highest BCUT2D eigenvalue weighted by Gasteiger charge is 2.90. The second-order valence-electron chi connectivity index (χ2n) is 11.0. The number of carbonyl (C=O) groups is 4. The average molecular weight is 452 g/mol. The molecule has 0 aromatic rings. The van der Waals surface area contributed by atoms with Crippen LogP contribution in [0.3, 0.4) is 0 Å². The lowest BCUT2D eigenvalue weighted by atomic mass is 9.39. The summed E-state index contributed by atoms with van der Waals surface area (Å²) in [5.74, 6) is -4.03. The second-order valence-corrected chi connectivity index (χ2v) is 11.0. The zero-order valence-electron chi connectivity index (χ0n) is 19.8. The van der Waals surface area contributed by atoms with Gasteiger partial charge in [-0.2, -0.15) is 0 Å². The van der Waals surface area contributed by atoms with Gasteiger partial charge >= 0.3 is 17.9 Å². The van der Waals surface area contributed by atoms with Crippen molar-refractivity contribution in [2.75, 3.05) is 6.61 Å². The van der Waals surface area contributed by atoms with Crippen LogP contribution in [-0.2, 0) is 38.1 Å². The molecule has 1 amide bonds. The Morgan fingerprint density at radius 2 is 1.53 bits per heavy atom. The van der Waals surface area contributed by atoms with E-state index in [1.807, 2.05) is 6.92 Å². The molecule has 3 saturated carbocycles. The molecule has 1 saturated heterocycles. The van der Waals surface area contributed by atoms with Crippen molar-refractivity contribution in [3.8, 4) is 0 Å². The van der Waals surface area contributed by atoms with Gasteiger partial charge in [0.05, 0.1) is 12.5 Å². The van der Waals surface area contributed by atoms with Crippen molar-refractivity contribution >= 4 is 23.8 Å². The number of nitrogens with one attached hydrogen (secondary N) is 1. The molecule has 8 atom stereocenters. The molecule has 0 bridgehead atoms. The Labute approximate surface area is 187 Å². The first kappa shape index (κ1) is 23.0. The lowest BCUT2D eigenvalue weighted by molar-refractivity contribution is -0.391. The molecule has 2 unspecified atom stereocenters. The van der Waals surface area contributed by atoms with Crippen LogP contribution in [0.4, 0.5) is 0 Å². The Balaban J connectivity index is 1.93. The summed E-state index contributed by atoms with van der Waals surface area (Å²) in [5, 5.41) is 3.04. The minimum atomic E-state index is -1.55. The molecule has 9 heteroatoms. The topological polar surface area (TPSA) is 117 Å². The molecule has 0 aromatic heterocycles. The number of amides is 1. The third-order valence-corrected chi connectivity index (χ3v) is 8.07. The highest BCUT2D eigenvalue weighted by molar-refractivity contribution is 5.75. The van der Waals surface area contributed by atoms with E-state index in [2.05, 4.69) is 19.2 Å². The average Bonchev–Trinajstić information content (AvgIpc) is 3.10. The van der Waals surface area contributed by atoms with Crippen LogP contribution >= 0.6 is 0 Å². The highest BCUT2D eigenvalue weighted by Crippen LogP contribution is 2.76. The van der Waals surface area contributed by atoms with Crippen LogP contribution in [0.25, 0.3) is 0 Å². The van der Waals surface area contributed by atoms with Gasteiger partial charge in [0.15, 0.2) is 6.10 Å². The van der Waals surface area contributed by atoms with E-state index in [-0.39, 0.29) is 29.8 Å². The number of fused-ring (bicyclic) bond motifs is 2. The second kappa shape index (κ2) is 6.92. The van der Waals surface area contributed by atoms with Crippen molar-refractivity contribution in [2.24, 2.45) is 28.6 Å². The van der Waals surface area contributed by atoms with E-state index in [1.54, 1.807) is 0 Å². The molecule has 1 N–H and O–H groups in total. The first-order chi connectivity index (χ1) is 14.7. The van der Waals surface area contributed by atoms with E-state index in [0.29, 0.717) is 0 Å². The van der Waals surface area contributed by atoms with Crippen molar-refractivity contribution in [1.29, 1.82) is 0 Å². The van der Waals surface area contributed by atoms with Crippen LogP contribution in [0.2, 0.25) is 0 Å². The fourth-order valence-corrected chi connectivity index (χ4v) is 7.73. The van der Waals surface area contributed by atoms with Crippen LogP contribution in [0.1, 0.15) is 61.3 Å². The molecule has 4 aliphatic rings. The van der Waals surface area contributed by atoms with E-state index in [9.17, 15) is 19.2 Å². The Hall–Kier alpha value is -2.16. The largest absolute Gasteiger partial charge is 0.460 e. The van der Waals surface area contributed by atoms with E-state index < -0.39 is 52.8 Å². The molecule has 4 rings (SSSR count). The van der Waals surface area contributed by atoms with Gasteiger partial charge in [0.1, 0.15) is 11.6 Å². The van der Waals surface area contributed by atoms with Crippen LogP contribution < -0.4 is 5.32 Å². The van der Waals surface area contributed by atoms with E-state index >= 15 is 0 Å². The molecule has 3 aliphatic carbocycles. The minimum absolute atomic E-state index is 0.00321. The lowest BCUT2D eigenvalue weighted by Crippen LogP contribution is -2.85. The summed E-state index contributed by atoms with van der Waals surface area (Å²) in [7, 11) is 0. The third kappa shape index (κ3) is 2.92. The molecule has 0 radical (unpaired) electrons. The Kier molecular flexibility index (Phi) is 4.98. The fourth-order valence-electron chi connectivity index (χ4n) is 7.73. The Morgan fingerprint density at radius 1 is 0.906 bits per heavy atom. The molecule has 4 fully saturated rings. The summed E-state index contributed by atoms with van der Waals surface area (Å²) in [6.07, 6.45) is 0.0835. The van der Waals surface area contributed by atoms with Crippen LogP contribution in [0, 0.1) is 28.6 Å². The maximum atomic E-state index is 12.4. The standard InChI is InChI=1S/C23H33NO8/c1-11(25)24-22-10-29-23(32-14(4)28)18(22)21(7,19(23)31-13(3)27)16-9-20(5,6)8-15(16)17(22)30-12(2)26/h15-19H,8-10H2,1-7H3,(H,24,25)/t15-,16+,17+,18?,19+,21?,22-,23-/m1/s1. The number of ether oxygens (including phenoxy) is 4. The van der Waals surface area contributed by atoms with Gasteiger partial charge in [0.25, 0.3) is 5.79 Å². The van der Waals surface area contributed by atoms with Gasteiger partial charge in [0, 0.05) is 39.0 Å². The Morgan fingerprint density at radius 3 is 2.06 bits per heavy atom. The number of hydrogen-bond acceptors (Lipinski definition) is 8. The van der Waals surface area contributed by atoms with Crippen molar-refractivity contribution in [3.05, 3.63) is 0 Å². The lowest BCUT2D eigenvalue weighted by Gasteiger charge is -2.70. The molecule has 178 valence electrons. The molecule has 0 aromatic carbocycles. The first-order valence-corrected chi connectivity index (χ1v) is 11.2. The molecule has 32 heavy (non-hydrogen) atoms. The summed E-state index contributed by atoms with van der Waals surface area (Å²) < 4.78 is 23.6. The number of rotatable bonds is 4. The van der Waals surface area contributed by atoms with Crippen molar-refractivity contribution in [3.63, 3.8) is 0 Å². The molecular formula is C23H33NO8. The minimum Gasteiger partial charge on any atom is -0.460 e. The number of hydrogen-bond donors (Lipinski definition) is 1. The van der Waals surface area contributed by atoms with Crippen LogP contribution in [0.5, 0.6) is 0 Å². The quantitative estimate of drug-likeness (QED) is 0.507. The van der Waals surface area contributed by atoms with Gasteiger partial charge in [-0.3, -0.25) is 19.2 Å². The fraction of sp³-hybridized carbons (Fsp3) is 0.826. The summed E-state index contributed by atoms with van der Waals surface area (Å²) in [4.78, 5) is 48.8. The molecule has 0 spiro atoms. The van der Waals surface area contributed by atoms with Crippen LogP contribution in [0.15, 0.2) is 0 Å². The number of carbonyl (C=O) groups excluding carboxylic acids is 4. The summed E-state index contributed by atoms with van der Waals surface area (Å²) in [6.45, 7) is 11.6. The van der Waals surface area contributed by atoms with Gasteiger partial charge in [-0.15, -0.1) is 0 Å². The van der Waals surface area contributed by atoms with Gasteiger partial charge in [-0.05, 0) is 24.2 Å². The van der Waals surface area contributed by atoms with Gasteiger partial charge in [-0.25, -0.2) is 0 Å². The normalized spacial score (nSPS) is 45.0. The van der Waals surface area contributed by atoms with Gasteiger partial charge in [0.2, 0.25) is 5.91 Å². The molecular weight excluding hydrogens is 418 g/mol. The number of esters is 3. The summed E-state index contributed by atoms with van der Waals surface area (Å²) in [6, 6.07) is 0. The van der Waals surface area contributed by atoms with E-state index in [1.165, 1.54) is 27.7 Å². The van der Waals surface area contributed by atoms with E-state index in [0.717, 1.165) is 12.8 Å². The maximum absolute atomic E-state index is 12.4. The smallest absolute Gasteiger partial charge is 0.305 e. The predicted molar refractivity (Wildman–Crippen MR) is 110 cm³/mol.